The van der Waals surface area contributed by atoms with Crippen molar-refractivity contribution in [1.82, 2.24) is 0 Å². The van der Waals surface area contributed by atoms with E-state index in [0.717, 1.165) is 21.4 Å². The first-order valence-corrected chi connectivity index (χ1v) is 7.91. The number of hydrogen-bond acceptors (Lipinski definition) is 5. The minimum absolute atomic E-state index is 0.202. The van der Waals surface area contributed by atoms with Crippen molar-refractivity contribution >= 4 is 27.9 Å². The fourth-order valence-corrected chi connectivity index (χ4v) is 2.92. The van der Waals surface area contributed by atoms with Gasteiger partial charge in [-0.2, -0.15) is 0 Å². The average Bonchev–Trinajstić information content (AvgIpc) is 3.01. The molecular weight excluding hydrogens is 362 g/mol. The number of hydrogen-bond donors (Lipinski definition) is 1. The third kappa shape index (κ3) is 3.18. The predicted molar refractivity (Wildman–Crippen MR) is 89.1 cm³/mol. The van der Waals surface area contributed by atoms with Crippen LogP contribution in [0.5, 0.6) is 11.5 Å². The number of fused-ring (bicyclic) bond motifs is 1. The van der Waals surface area contributed by atoms with Gasteiger partial charge in [-0.1, -0.05) is 28.1 Å². The molecule has 0 saturated carbocycles. The molecule has 1 atom stereocenters. The highest BCUT2D eigenvalue weighted by molar-refractivity contribution is 9.10. The summed E-state index contributed by atoms with van der Waals surface area (Å²) in [5.41, 5.74) is 0.307. The van der Waals surface area contributed by atoms with E-state index in [1.165, 1.54) is 0 Å². The van der Waals surface area contributed by atoms with Gasteiger partial charge in [-0.25, -0.2) is 5.06 Å². The van der Waals surface area contributed by atoms with Crippen molar-refractivity contribution in [3.8, 4) is 11.5 Å². The zero-order valence-electron chi connectivity index (χ0n) is 12.5. The van der Waals surface area contributed by atoms with Gasteiger partial charge in [0.25, 0.3) is 0 Å². The number of ether oxygens (including phenoxy) is 2. The highest BCUT2D eigenvalue weighted by atomic mass is 79.9. The minimum atomic E-state index is -1.10. The molecular formula is C17H16BrNO4. The van der Waals surface area contributed by atoms with Crippen molar-refractivity contribution in [3.05, 3.63) is 52.5 Å². The molecule has 0 saturated heterocycles. The fraction of sp³-hybridized carbons (Fsp3) is 0.235. The topological polar surface area (TPSA) is 59.0 Å². The van der Waals surface area contributed by atoms with Crippen LogP contribution in [0.1, 0.15) is 12.5 Å². The van der Waals surface area contributed by atoms with Crippen LogP contribution in [0.3, 0.4) is 0 Å². The van der Waals surface area contributed by atoms with Crippen molar-refractivity contribution in [2.75, 3.05) is 11.9 Å². The number of carbonyl (C=O) groups excluding carboxylic acids is 1. The number of anilines is 1. The summed E-state index contributed by atoms with van der Waals surface area (Å²) in [6, 6.07) is 12.7. The molecule has 0 aliphatic carbocycles. The van der Waals surface area contributed by atoms with Crippen molar-refractivity contribution in [2.24, 2.45) is 0 Å². The number of halogens is 1. The zero-order chi connectivity index (χ0) is 16.4. The molecule has 3 rings (SSSR count). The predicted octanol–water partition coefficient (Wildman–Crippen LogP) is 3.57. The SMILES string of the molecule is CC(C=O)(Cc1ccc2c(c1)OCO2)N(O)c1cccc(Br)c1. The first-order chi connectivity index (χ1) is 11.0. The van der Waals surface area contributed by atoms with E-state index in [2.05, 4.69) is 15.9 Å². The molecule has 6 heteroatoms. The fourth-order valence-electron chi connectivity index (χ4n) is 2.53. The molecule has 1 aliphatic heterocycles. The summed E-state index contributed by atoms with van der Waals surface area (Å²) < 4.78 is 11.5. The lowest BCUT2D eigenvalue weighted by molar-refractivity contribution is -0.113. The Morgan fingerprint density at radius 1 is 1.26 bits per heavy atom. The van der Waals surface area contributed by atoms with Gasteiger partial charge in [0, 0.05) is 10.9 Å². The minimum Gasteiger partial charge on any atom is -0.454 e. The van der Waals surface area contributed by atoms with Crippen LogP contribution in [0.15, 0.2) is 46.9 Å². The second kappa shape index (κ2) is 6.22. The summed E-state index contributed by atoms with van der Waals surface area (Å²) in [6.07, 6.45) is 1.08. The number of nitrogens with zero attached hydrogens (tertiary/aromatic N) is 1. The lowest BCUT2D eigenvalue weighted by atomic mass is 9.93. The van der Waals surface area contributed by atoms with E-state index in [-0.39, 0.29) is 6.79 Å². The van der Waals surface area contributed by atoms with Gasteiger partial charge in [-0.3, -0.25) is 5.21 Å². The summed E-state index contributed by atoms with van der Waals surface area (Å²) in [6.45, 7) is 1.89. The number of carbonyl (C=O) groups is 1. The van der Waals surface area contributed by atoms with E-state index < -0.39 is 5.54 Å². The Kier molecular flexibility index (Phi) is 4.28. The van der Waals surface area contributed by atoms with E-state index in [0.29, 0.717) is 23.6 Å². The van der Waals surface area contributed by atoms with Gasteiger partial charge >= 0.3 is 0 Å². The Hall–Kier alpha value is -2.05. The normalized spacial score (nSPS) is 15.1. The second-order valence-corrected chi connectivity index (χ2v) is 6.55. The molecule has 0 amide bonds. The van der Waals surface area contributed by atoms with Gasteiger partial charge in [0.1, 0.15) is 11.8 Å². The number of hydroxylamine groups is 1. The molecule has 1 unspecified atom stereocenters. The molecule has 2 aromatic rings. The second-order valence-electron chi connectivity index (χ2n) is 5.63. The monoisotopic (exact) mass is 377 g/mol. The first kappa shape index (κ1) is 15.8. The Morgan fingerprint density at radius 2 is 2.04 bits per heavy atom. The average molecular weight is 378 g/mol. The van der Waals surface area contributed by atoms with Crippen LogP contribution in [0.2, 0.25) is 0 Å². The standard InChI is InChI=1S/C17H16BrNO4/c1-17(10-20,19(21)14-4-2-3-13(18)8-14)9-12-5-6-15-16(7-12)23-11-22-15/h2-8,10,21H,9,11H2,1H3. The van der Waals surface area contributed by atoms with Crippen molar-refractivity contribution < 1.29 is 19.5 Å². The first-order valence-electron chi connectivity index (χ1n) is 7.11. The van der Waals surface area contributed by atoms with Crippen LogP contribution in [0.4, 0.5) is 5.69 Å². The van der Waals surface area contributed by atoms with Crippen molar-refractivity contribution in [1.29, 1.82) is 0 Å². The molecule has 0 fully saturated rings. The van der Waals surface area contributed by atoms with Gasteiger partial charge in [0.05, 0.1) is 5.69 Å². The van der Waals surface area contributed by atoms with Crippen LogP contribution >= 0.6 is 15.9 Å². The Morgan fingerprint density at radius 3 is 2.78 bits per heavy atom. The Labute approximate surface area is 142 Å². The van der Waals surface area contributed by atoms with Gasteiger partial charge < -0.3 is 14.3 Å². The highest BCUT2D eigenvalue weighted by Gasteiger charge is 2.32. The molecule has 0 aromatic heterocycles. The summed E-state index contributed by atoms with van der Waals surface area (Å²) in [5.74, 6) is 1.34. The van der Waals surface area contributed by atoms with E-state index in [1.54, 1.807) is 25.1 Å². The Bertz CT molecular complexity index is 736. The highest BCUT2D eigenvalue weighted by Crippen LogP contribution is 2.34. The number of rotatable bonds is 5. The van der Waals surface area contributed by atoms with E-state index in [4.69, 9.17) is 9.47 Å². The molecule has 1 aliphatic rings. The maximum absolute atomic E-state index is 11.7. The van der Waals surface area contributed by atoms with Crippen LogP contribution in [-0.4, -0.2) is 23.8 Å². The number of aldehydes is 1. The van der Waals surface area contributed by atoms with Gasteiger partial charge in [0.15, 0.2) is 11.5 Å². The van der Waals surface area contributed by atoms with Crippen LogP contribution in [0, 0.1) is 0 Å². The summed E-state index contributed by atoms with van der Waals surface area (Å²) in [4.78, 5) is 11.7. The summed E-state index contributed by atoms with van der Waals surface area (Å²) in [5, 5.41) is 11.5. The third-order valence-corrected chi connectivity index (χ3v) is 4.28. The van der Waals surface area contributed by atoms with Crippen LogP contribution in [-0.2, 0) is 11.2 Å². The summed E-state index contributed by atoms with van der Waals surface area (Å²) >= 11 is 3.36. The number of benzene rings is 2. The lowest BCUT2D eigenvalue weighted by Crippen LogP contribution is -2.48. The molecule has 1 heterocycles. The quantitative estimate of drug-likeness (QED) is 0.637. The van der Waals surface area contributed by atoms with Crippen LogP contribution < -0.4 is 14.5 Å². The van der Waals surface area contributed by atoms with Crippen molar-refractivity contribution in [3.63, 3.8) is 0 Å². The molecule has 5 nitrogen and oxygen atoms in total. The Balaban J connectivity index is 1.86. The molecule has 2 aromatic carbocycles. The molecule has 1 N–H and O–H groups in total. The van der Waals surface area contributed by atoms with E-state index >= 15 is 0 Å². The lowest BCUT2D eigenvalue weighted by Gasteiger charge is -2.33. The molecule has 0 spiro atoms. The zero-order valence-corrected chi connectivity index (χ0v) is 14.1. The summed E-state index contributed by atoms with van der Waals surface area (Å²) in [7, 11) is 0. The largest absolute Gasteiger partial charge is 0.454 e. The molecule has 0 radical (unpaired) electrons. The van der Waals surface area contributed by atoms with Gasteiger partial charge in [-0.05, 0) is 42.8 Å². The van der Waals surface area contributed by atoms with Crippen LogP contribution in [0.25, 0.3) is 0 Å². The maximum Gasteiger partial charge on any atom is 0.231 e. The van der Waals surface area contributed by atoms with E-state index in [1.807, 2.05) is 24.3 Å². The van der Waals surface area contributed by atoms with Gasteiger partial charge in [-0.15, -0.1) is 0 Å². The smallest absolute Gasteiger partial charge is 0.231 e. The van der Waals surface area contributed by atoms with Crippen molar-refractivity contribution in [2.45, 2.75) is 18.9 Å². The molecule has 23 heavy (non-hydrogen) atoms. The third-order valence-electron chi connectivity index (χ3n) is 3.79. The molecule has 120 valence electrons. The van der Waals surface area contributed by atoms with E-state index in [9.17, 15) is 10.0 Å². The molecule has 0 bridgehead atoms. The maximum atomic E-state index is 11.7. The van der Waals surface area contributed by atoms with Gasteiger partial charge in [0.2, 0.25) is 6.79 Å².